The minimum Gasteiger partial charge on any atom is -0.813 e. The predicted molar refractivity (Wildman–Crippen MR) is 89.6 cm³/mol. The van der Waals surface area contributed by atoms with Crippen molar-refractivity contribution in [3.05, 3.63) is 0 Å². The molecule has 0 spiro atoms. The van der Waals surface area contributed by atoms with E-state index in [0.717, 1.165) is 0 Å². The van der Waals surface area contributed by atoms with E-state index in [9.17, 15) is 0 Å². The molecule has 0 saturated heterocycles. The molecule has 18 heavy (non-hydrogen) atoms. The van der Waals surface area contributed by atoms with Gasteiger partial charge in [-0.25, -0.2) is 0 Å². The largest absolute Gasteiger partial charge is 0.813 e. The van der Waals surface area contributed by atoms with E-state index in [1.54, 1.807) is 0 Å². The van der Waals surface area contributed by atoms with Gasteiger partial charge in [-0.1, -0.05) is 26.2 Å². The van der Waals surface area contributed by atoms with Crippen molar-refractivity contribution in [1.29, 1.82) is 0 Å². The van der Waals surface area contributed by atoms with Crippen molar-refractivity contribution in [1.82, 2.24) is 0 Å². The Balaban J connectivity index is 0. The van der Waals surface area contributed by atoms with Crippen LogP contribution in [-0.2, 0) is 13.5 Å². The van der Waals surface area contributed by atoms with Crippen molar-refractivity contribution in [3.8, 4) is 0 Å². The van der Waals surface area contributed by atoms with Gasteiger partial charge >= 0.3 is 100 Å². The third kappa shape index (κ3) is 19.6. The molecular formula is C16H34PbS-. The molecule has 0 unspecified atom stereocenters. The zero-order valence-corrected chi connectivity index (χ0v) is 17.3. The standard InChI is InChI=1S/C16H33.Pb.H2S/c1-3-5-7-9-11-13-15-16-14-12-10-8-6-4-2;;/h1,3-16H2,2H3;;1H2/p-1. The third-order valence-electron chi connectivity index (χ3n) is 3.53. The second-order valence-electron chi connectivity index (χ2n) is 5.35. The molecule has 0 bridgehead atoms. The van der Waals surface area contributed by atoms with Crippen molar-refractivity contribution in [2.75, 3.05) is 0 Å². The maximum atomic E-state index is 2.29. The number of hydrogen-bond donors (Lipinski definition) is 0. The van der Waals surface area contributed by atoms with Gasteiger partial charge in [0, 0.05) is 0 Å². The van der Waals surface area contributed by atoms with Crippen LogP contribution in [0.5, 0.6) is 0 Å². The average Bonchev–Trinajstić information content (AvgIpc) is 2.35. The molecule has 0 fully saturated rings. The monoisotopic (exact) mass is 466 g/mol. The predicted octanol–water partition coefficient (Wildman–Crippen LogP) is 5.78. The molecule has 2 heteroatoms. The molecule has 3 radical (unpaired) electrons. The van der Waals surface area contributed by atoms with Crippen LogP contribution in [0.2, 0.25) is 3.98 Å². The van der Waals surface area contributed by atoms with Gasteiger partial charge in [0.05, 0.1) is 0 Å². The van der Waals surface area contributed by atoms with Gasteiger partial charge in [0.2, 0.25) is 0 Å². The van der Waals surface area contributed by atoms with Gasteiger partial charge in [-0.15, -0.1) is 0 Å². The van der Waals surface area contributed by atoms with Gasteiger partial charge in [-0.3, -0.25) is 0 Å². The summed E-state index contributed by atoms with van der Waals surface area (Å²) in [4.78, 5) is 0. The van der Waals surface area contributed by atoms with E-state index in [4.69, 9.17) is 0 Å². The Bertz CT molecular complexity index is 114. The number of rotatable bonds is 14. The molecule has 0 atom stereocenters. The Labute approximate surface area is 139 Å². The van der Waals surface area contributed by atoms with Crippen molar-refractivity contribution in [2.45, 2.75) is 101 Å². The number of unbranched alkanes of at least 4 members (excludes halogenated alkanes) is 13. The third-order valence-corrected chi connectivity index (χ3v) is 4.90. The molecule has 0 nitrogen and oxygen atoms in total. The van der Waals surface area contributed by atoms with Crippen LogP contribution in [0.15, 0.2) is 0 Å². The fourth-order valence-corrected chi connectivity index (χ4v) is 3.29. The van der Waals surface area contributed by atoms with Crippen LogP contribution >= 0.6 is 0 Å². The van der Waals surface area contributed by atoms with Crippen LogP contribution < -0.4 is 0 Å². The van der Waals surface area contributed by atoms with Gasteiger partial charge in [0.25, 0.3) is 0 Å². The molecule has 0 aromatic carbocycles. The molecule has 109 valence electrons. The summed E-state index contributed by atoms with van der Waals surface area (Å²) in [7, 11) is 0. The molecule has 0 aliphatic rings. The molecule has 0 heterocycles. The van der Waals surface area contributed by atoms with E-state index in [1.165, 1.54) is 120 Å². The molecule has 0 aromatic rings. The summed E-state index contributed by atoms with van der Waals surface area (Å²) in [5, 5.41) is 0. The fourth-order valence-electron chi connectivity index (χ4n) is 2.32. The molecule has 0 aliphatic carbocycles. The Morgan fingerprint density at radius 3 is 1.06 bits per heavy atom. The molecular weight excluding hydrogens is 431 g/mol. The number of thiol groups is 1. The van der Waals surface area contributed by atoms with E-state index in [2.05, 4.69) is 6.92 Å². The van der Waals surface area contributed by atoms with Gasteiger partial charge in [-0.05, 0) is 0 Å². The summed E-state index contributed by atoms with van der Waals surface area (Å²) in [5.74, 6) is 0. The Morgan fingerprint density at radius 1 is 0.500 bits per heavy atom. The summed E-state index contributed by atoms with van der Waals surface area (Å²) >= 11 is 1.41. The summed E-state index contributed by atoms with van der Waals surface area (Å²) in [6.45, 7) is 2.29. The smallest absolute Gasteiger partial charge is 0.813 e. The maximum Gasteiger partial charge on any atom is -0.813 e. The summed E-state index contributed by atoms with van der Waals surface area (Å²) in [6.07, 6.45) is 20.7. The van der Waals surface area contributed by atoms with Crippen molar-refractivity contribution < 1.29 is 0 Å². The van der Waals surface area contributed by atoms with E-state index >= 15 is 0 Å². The molecule has 0 saturated carbocycles. The zero-order valence-electron chi connectivity index (χ0n) is 12.6. The summed E-state index contributed by atoms with van der Waals surface area (Å²) in [5.41, 5.74) is 0. The first-order valence-corrected chi connectivity index (χ1v) is 10.8. The van der Waals surface area contributed by atoms with E-state index < -0.39 is 0 Å². The second-order valence-corrected chi connectivity index (χ2v) is 7.29. The van der Waals surface area contributed by atoms with E-state index in [0.29, 0.717) is 0 Å². The molecule has 0 aromatic heterocycles. The SMILES string of the molecule is CCCCCCCCCCCCCCC[CH2][Pb].[SH-]. The Kier molecular flexibility index (Phi) is 24.7. The van der Waals surface area contributed by atoms with Gasteiger partial charge in [-0.2, -0.15) is 0 Å². The molecule has 0 N–H and O–H groups in total. The topological polar surface area (TPSA) is 0 Å². The molecule has 0 aliphatic heterocycles. The van der Waals surface area contributed by atoms with Crippen LogP contribution in [0, 0.1) is 0 Å². The summed E-state index contributed by atoms with van der Waals surface area (Å²) in [6, 6.07) is 0. The van der Waals surface area contributed by atoms with Gasteiger partial charge in [0.15, 0.2) is 0 Å². The zero-order chi connectivity index (χ0) is 12.6. The molecule has 0 amide bonds. The van der Waals surface area contributed by atoms with E-state index in [1.807, 2.05) is 0 Å². The normalized spacial score (nSPS) is 10.3. The number of hydrogen-bond acceptors (Lipinski definition) is 1. The first kappa shape index (κ1) is 21.6. The van der Waals surface area contributed by atoms with Crippen LogP contribution in [-0.4, -0.2) is 25.8 Å². The van der Waals surface area contributed by atoms with Gasteiger partial charge in [0.1, 0.15) is 0 Å². The minimum atomic E-state index is 0. The van der Waals surface area contributed by atoms with Crippen molar-refractivity contribution in [2.24, 2.45) is 0 Å². The van der Waals surface area contributed by atoms with Crippen molar-refractivity contribution >= 4 is 39.3 Å². The Hall–Kier alpha value is 1.27. The maximum absolute atomic E-state index is 2.29. The second kappa shape index (κ2) is 20.6. The fraction of sp³-hybridized carbons (Fsp3) is 1.00. The minimum absolute atomic E-state index is 0. The van der Waals surface area contributed by atoms with Crippen LogP contribution in [0.25, 0.3) is 0 Å². The first-order chi connectivity index (χ1) is 8.41. The molecule has 0 rings (SSSR count). The summed E-state index contributed by atoms with van der Waals surface area (Å²) < 4.78 is 1.51. The Morgan fingerprint density at radius 2 is 0.778 bits per heavy atom. The van der Waals surface area contributed by atoms with Crippen LogP contribution in [0.4, 0.5) is 0 Å². The van der Waals surface area contributed by atoms with Gasteiger partial charge < -0.3 is 13.5 Å². The quantitative estimate of drug-likeness (QED) is 0.136. The van der Waals surface area contributed by atoms with E-state index in [-0.39, 0.29) is 13.5 Å². The van der Waals surface area contributed by atoms with Crippen molar-refractivity contribution in [3.63, 3.8) is 0 Å². The average molecular weight is 466 g/mol. The first-order valence-electron chi connectivity index (χ1n) is 8.06. The van der Waals surface area contributed by atoms with Crippen LogP contribution in [0.3, 0.4) is 0 Å². The van der Waals surface area contributed by atoms with Crippen LogP contribution in [0.1, 0.15) is 96.8 Å².